The third-order valence-corrected chi connectivity index (χ3v) is 4.13. The minimum atomic E-state index is -4.31. The third-order valence-electron chi connectivity index (χ3n) is 4.13. The van der Waals surface area contributed by atoms with Gasteiger partial charge in [-0.1, -0.05) is 35.9 Å². The van der Waals surface area contributed by atoms with Crippen molar-refractivity contribution in [1.82, 2.24) is 10.6 Å². The molecule has 0 fully saturated rings. The number of hydrogen-bond donors (Lipinski definition) is 2. The summed E-state index contributed by atoms with van der Waals surface area (Å²) in [5, 5.41) is 5.61. The Morgan fingerprint density at radius 1 is 1.08 bits per heavy atom. The lowest BCUT2D eigenvalue weighted by molar-refractivity contribution is -0.176. The van der Waals surface area contributed by atoms with Crippen LogP contribution in [0.4, 0.5) is 18.0 Å². The number of alkyl halides is 3. The largest absolute Gasteiger partial charge is 0.411 e. The molecule has 0 atom stereocenters. The highest BCUT2D eigenvalue weighted by Gasteiger charge is 2.27. The maximum atomic E-state index is 12.0. The maximum Gasteiger partial charge on any atom is 0.411 e. The van der Waals surface area contributed by atoms with Crippen LogP contribution in [0.1, 0.15) is 43.2 Å². The molecule has 26 heavy (non-hydrogen) atoms. The summed E-state index contributed by atoms with van der Waals surface area (Å²) in [6.45, 7) is -0.373. The Hall–Kier alpha value is -2.02. The van der Waals surface area contributed by atoms with E-state index in [4.69, 9.17) is 0 Å². The van der Waals surface area contributed by atoms with E-state index >= 15 is 0 Å². The number of halogens is 3. The molecule has 2 amide bonds. The zero-order valence-electron chi connectivity index (χ0n) is 14.7. The van der Waals surface area contributed by atoms with Crippen molar-refractivity contribution in [1.29, 1.82) is 0 Å². The van der Waals surface area contributed by atoms with Gasteiger partial charge in [-0.15, -0.1) is 0 Å². The van der Waals surface area contributed by atoms with E-state index in [-0.39, 0.29) is 12.6 Å². The highest BCUT2D eigenvalue weighted by molar-refractivity contribution is 5.73. The second kappa shape index (κ2) is 10.2. The number of benzene rings is 1. The third kappa shape index (κ3) is 8.38. The molecule has 0 radical (unpaired) electrons. The fourth-order valence-electron chi connectivity index (χ4n) is 2.75. The number of rotatable bonds is 8. The molecule has 4 nitrogen and oxygen atoms in total. The summed E-state index contributed by atoms with van der Waals surface area (Å²) in [7, 11) is 0. The summed E-state index contributed by atoms with van der Waals surface area (Å²) < 4.78 is 40.7. The van der Waals surface area contributed by atoms with Crippen LogP contribution in [0.5, 0.6) is 0 Å². The van der Waals surface area contributed by atoms with Crippen molar-refractivity contribution in [3.05, 3.63) is 47.0 Å². The molecule has 1 aromatic carbocycles. The van der Waals surface area contributed by atoms with E-state index in [0.717, 1.165) is 24.8 Å². The highest BCUT2D eigenvalue weighted by Crippen LogP contribution is 2.19. The van der Waals surface area contributed by atoms with Crippen LogP contribution in [0, 0.1) is 0 Å². The predicted octanol–water partition coefficient (Wildman–Crippen LogP) is 4.46. The average Bonchev–Trinajstić information content (AvgIpc) is 2.61. The van der Waals surface area contributed by atoms with Crippen molar-refractivity contribution < 1.29 is 22.7 Å². The van der Waals surface area contributed by atoms with E-state index in [2.05, 4.69) is 21.4 Å². The number of carbonyl (C=O) groups excluding carboxylic acids is 1. The number of ether oxygens (including phenoxy) is 1. The molecule has 2 N–H and O–H groups in total. The van der Waals surface area contributed by atoms with Gasteiger partial charge in [0.15, 0.2) is 0 Å². The molecule has 0 spiro atoms. The van der Waals surface area contributed by atoms with Gasteiger partial charge in [0.1, 0.15) is 6.61 Å². The number of amides is 2. The Balaban J connectivity index is 1.62. The Labute approximate surface area is 151 Å². The average molecular weight is 370 g/mol. The molecule has 2 rings (SSSR count). The van der Waals surface area contributed by atoms with Crippen molar-refractivity contribution in [3.63, 3.8) is 0 Å². The Morgan fingerprint density at radius 2 is 1.81 bits per heavy atom. The van der Waals surface area contributed by atoms with Crippen LogP contribution < -0.4 is 10.6 Å². The van der Waals surface area contributed by atoms with E-state index in [1.165, 1.54) is 18.4 Å². The minimum Gasteiger partial charge on any atom is -0.367 e. The summed E-state index contributed by atoms with van der Waals surface area (Å²) in [4.78, 5) is 11.8. The molecule has 1 aliphatic carbocycles. The maximum absolute atomic E-state index is 12.0. The highest BCUT2D eigenvalue weighted by atomic mass is 19.4. The lowest BCUT2D eigenvalue weighted by atomic mass is 9.97. The minimum absolute atomic E-state index is 0.0937. The first-order valence-electron chi connectivity index (χ1n) is 8.84. The first kappa shape index (κ1) is 20.3. The second-order valence-corrected chi connectivity index (χ2v) is 6.39. The van der Waals surface area contributed by atoms with Gasteiger partial charge in [0.25, 0.3) is 0 Å². The van der Waals surface area contributed by atoms with Gasteiger partial charge in [0.05, 0.1) is 6.61 Å². The number of carbonyl (C=O) groups is 1. The zero-order chi connectivity index (χ0) is 18.8. The first-order chi connectivity index (χ1) is 12.4. The van der Waals surface area contributed by atoms with Gasteiger partial charge < -0.3 is 15.4 Å². The molecule has 1 aliphatic rings. The number of nitrogens with one attached hydrogen (secondary N) is 2. The standard InChI is InChI=1S/C19H25F3N2O2/c20-19(21,22)14-26-13-17-8-6-16(7-9-17)12-24-18(25)23-11-10-15-4-2-1-3-5-15/h4,6-9H,1-3,5,10-14H2,(H2,23,24,25). The summed E-state index contributed by atoms with van der Waals surface area (Å²) in [6.07, 6.45) is 3.59. The predicted molar refractivity (Wildman–Crippen MR) is 93.6 cm³/mol. The lowest BCUT2D eigenvalue weighted by Crippen LogP contribution is -2.35. The Kier molecular flexibility index (Phi) is 7.97. The van der Waals surface area contributed by atoms with E-state index in [1.807, 2.05) is 0 Å². The normalized spacial score (nSPS) is 14.7. The van der Waals surface area contributed by atoms with Crippen molar-refractivity contribution in [3.8, 4) is 0 Å². The van der Waals surface area contributed by atoms with Gasteiger partial charge in [-0.25, -0.2) is 4.79 Å². The summed E-state index contributed by atoms with van der Waals surface area (Å²) in [6, 6.07) is 6.69. The molecular formula is C19H25F3N2O2. The van der Waals surface area contributed by atoms with E-state index in [1.54, 1.807) is 24.3 Å². The first-order valence-corrected chi connectivity index (χ1v) is 8.84. The summed E-state index contributed by atoms with van der Waals surface area (Å²) >= 11 is 0. The van der Waals surface area contributed by atoms with Crippen LogP contribution in [0.3, 0.4) is 0 Å². The topological polar surface area (TPSA) is 50.4 Å². The van der Waals surface area contributed by atoms with E-state index in [9.17, 15) is 18.0 Å². The van der Waals surface area contributed by atoms with Crippen molar-refractivity contribution >= 4 is 6.03 Å². The quantitative estimate of drug-likeness (QED) is 0.664. The molecule has 7 heteroatoms. The molecule has 0 aliphatic heterocycles. The van der Waals surface area contributed by atoms with Crippen LogP contribution in [-0.2, 0) is 17.9 Å². The monoisotopic (exact) mass is 370 g/mol. The van der Waals surface area contributed by atoms with Crippen LogP contribution in [-0.4, -0.2) is 25.4 Å². The van der Waals surface area contributed by atoms with Crippen LogP contribution in [0.15, 0.2) is 35.9 Å². The molecule has 1 aromatic rings. The molecule has 144 valence electrons. The smallest absolute Gasteiger partial charge is 0.367 e. The fourth-order valence-corrected chi connectivity index (χ4v) is 2.75. The van der Waals surface area contributed by atoms with Crippen molar-refractivity contribution in [2.75, 3.05) is 13.2 Å². The van der Waals surface area contributed by atoms with Crippen LogP contribution >= 0.6 is 0 Å². The van der Waals surface area contributed by atoms with Gasteiger partial charge in [0.2, 0.25) is 0 Å². The van der Waals surface area contributed by atoms with Gasteiger partial charge in [-0.2, -0.15) is 13.2 Å². The van der Waals surface area contributed by atoms with Crippen LogP contribution in [0.25, 0.3) is 0 Å². The number of allylic oxidation sites excluding steroid dienone is 1. The molecule has 0 saturated carbocycles. The molecule has 0 saturated heterocycles. The summed E-state index contributed by atoms with van der Waals surface area (Å²) in [5.41, 5.74) is 2.94. The summed E-state index contributed by atoms with van der Waals surface area (Å²) in [5.74, 6) is 0. The lowest BCUT2D eigenvalue weighted by Gasteiger charge is -2.13. The Bertz CT molecular complexity index is 598. The fraction of sp³-hybridized carbons (Fsp3) is 0.526. The van der Waals surface area contributed by atoms with Gasteiger partial charge in [-0.05, 0) is 43.2 Å². The molecular weight excluding hydrogens is 345 g/mol. The van der Waals surface area contributed by atoms with Crippen LogP contribution in [0.2, 0.25) is 0 Å². The van der Waals surface area contributed by atoms with Crippen molar-refractivity contribution in [2.24, 2.45) is 0 Å². The van der Waals surface area contributed by atoms with Gasteiger partial charge in [0, 0.05) is 13.1 Å². The Morgan fingerprint density at radius 3 is 2.46 bits per heavy atom. The second-order valence-electron chi connectivity index (χ2n) is 6.39. The molecule has 0 heterocycles. The molecule has 0 unspecified atom stereocenters. The van der Waals surface area contributed by atoms with Crippen molar-refractivity contribution in [2.45, 2.75) is 51.4 Å². The molecule has 0 aromatic heterocycles. The van der Waals surface area contributed by atoms with Gasteiger partial charge >= 0.3 is 12.2 Å². The zero-order valence-corrected chi connectivity index (χ0v) is 14.7. The van der Waals surface area contributed by atoms with E-state index < -0.39 is 12.8 Å². The number of urea groups is 1. The van der Waals surface area contributed by atoms with Gasteiger partial charge in [-0.3, -0.25) is 0 Å². The van der Waals surface area contributed by atoms with E-state index in [0.29, 0.717) is 18.7 Å². The SMILES string of the molecule is O=C(NCCC1=CCCCC1)NCc1ccc(COCC(F)(F)F)cc1. The number of hydrogen-bond acceptors (Lipinski definition) is 2. The molecule has 0 bridgehead atoms.